The lowest BCUT2D eigenvalue weighted by Gasteiger charge is -2.15. The average molecular weight is 437 g/mol. The monoisotopic (exact) mass is 437 g/mol. The van der Waals surface area contributed by atoms with Crippen LogP contribution in [0, 0.1) is 5.92 Å². The van der Waals surface area contributed by atoms with Gasteiger partial charge in [0.25, 0.3) is 6.43 Å². The molecule has 164 valence electrons. The summed E-state index contributed by atoms with van der Waals surface area (Å²) in [7, 11) is 0. The molecule has 0 saturated carbocycles. The molecule has 0 amide bonds. The molecule has 0 spiro atoms. The van der Waals surface area contributed by atoms with Gasteiger partial charge in [-0.1, -0.05) is 13.8 Å². The third kappa shape index (κ3) is 4.70. The summed E-state index contributed by atoms with van der Waals surface area (Å²) in [5.41, 5.74) is 1.28. The highest BCUT2D eigenvalue weighted by atomic mass is 19.4. The first-order chi connectivity index (χ1) is 14.6. The van der Waals surface area contributed by atoms with Crippen molar-refractivity contribution in [3.05, 3.63) is 48.3 Å². The molecule has 1 aromatic carbocycles. The molecule has 1 saturated heterocycles. The molecule has 1 unspecified atom stereocenters. The van der Waals surface area contributed by atoms with Gasteiger partial charge in [-0.3, -0.25) is 9.97 Å². The topological polar surface area (TPSA) is 38.0 Å². The van der Waals surface area contributed by atoms with E-state index in [0.717, 1.165) is 12.5 Å². The molecule has 1 atom stereocenters. The minimum absolute atomic E-state index is 0.149. The summed E-state index contributed by atoms with van der Waals surface area (Å²) >= 11 is 0. The van der Waals surface area contributed by atoms with Crippen LogP contribution in [-0.4, -0.2) is 28.9 Å². The predicted molar refractivity (Wildman–Crippen MR) is 107 cm³/mol. The molecule has 0 bridgehead atoms. The van der Waals surface area contributed by atoms with E-state index in [1.165, 1.54) is 36.7 Å². The maximum absolute atomic E-state index is 13.9. The number of halogens is 5. The van der Waals surface area contributed by atoms with Crippen LogP contribution < -0.4 is 9.64 Å². The van der Waals surface area contributed by atoms with Crippen molar-refractivity contribution in [2.24, 2.45) is 5.92 Å². The molecular formula is C22H20F5N3O. The van der Waals surface area contributed by atoms with Gasteiger partial charge >= 0.3 is 6.36 Å². The van der Waals surface area contributed by atoms with Gasteiger partial charge in [-0.25, -0.2) is 8.78 Å². The van der Waals surface area contributed by atoms with Crippen molar-refractivity contribution < 1.29 is 26.7 Å². The van der Waals surface area contributed by atoms with Crippen LogP contribution in [0.5, 0.6) is 5.75 Å². The molecule has 9 heteroatoms. The Labute approximate surface area is 175 Å². The van der Waals surface area contributed by atoms with Gasteiger partial charge in [-0.2, -0.15) is 0 Å². The van der Waals surface area contributed by atoms with E-state index in [1.54, 1.807) is 0 Å². The van der Waals surface area contributed by atoms with Gasteiger partial charge in [-0.15, -0.1) is 13.2 Å². The summed E-state index contributed by atoms with van der Waals surface area (Å²) in [6, 6.07) is 6.78. The van der Waals surface area contributed by atoms with Crippen LogP contribution in [0.3, 0.4) is 0 Å². The number of rotatable bonds is 6. The van der Waals surface area contributed by atoms with E-state index in [0.29, 0.717) is 34.6 Å². The molecule has 1 aliphatic heterocycles. The van der Waals surface area contributed by atoms with Gasteiger partial charge < -0.3 is 9.64 Å². The Morgan fingerprint density at radius 3 is 2.58 bits per heavy atom. The fraction of sp³-hybridized carbons (Fsp3) is 0.364. The van der Waals surface area contributed by atoms with Crippen LogP contribution in [0.2, 0.25) is 0 Å². The van der Waals surface area contributed by atoms with Crippen molar-refractivity contribution in [1.82, 2.24) is 9.97 Å². The highest BCUT2D eigenvalue weighted by molar-refractivity contribution is 5.94. The second-order valence-electron chi connectivity index (χ2n) is 7.95. The third-order valence-corrected chi connectivity index (χ3v) is 5.14. The van der Waals surface area contributed by atoms with Crippen LogP contribution >= 0.6 is 0 Å². The van der Waals surface area contributed by atoms with E-state index >= 15 is 0 Å². The molecule has 0 N–H and O–H groups in total. The summed E-state index contributed by atoms with van der Waals surface area (Å²) in [6.07, 6.45) is -3.78. The number of nitrogens with zero attached hydrogens (tertiary/aromatic N) is 3. The quantitative estimate of drug-likeness (QED) is 0.332. The van der Waals surface area contributed by atoms with Gasteiger partial charge in [0, 0.05) is 35.3 Å². The van der Waals surface area contributed by atoms with E-state index in [2.05, 4.69) is 28.6 Å². The van der Waals surface area contributed by atoms with Gasteiger partial charge in [0.15, 0.2) is 0 Å². The van der Waals surface area contributed by atoms with Crippen molar-refractivity contribution in [1.29, 1.82) is 0 Å². The van der Waals surface area contributed by atoms with E-state index in [9.17, 15) is 22.0 Å². The molecule has 3 aromatic rings. The van der Waals surface area contributed by atoms with Crippen LogP contribution in [0.15, 0.2) is 42.7 Å². The molecule has 4 nitrogen and oxygen atoms in total. The molecule has 2 aromatic heterocycles. The smallest absolute Gasteiger partial charge is 0.406 e. The lowest BCUT2D eigenvalue weighted by atomic mass is 10.0. The first-order valence-electron chi connectivity index (χ1n) is 9.82. The summed E-state index contributed by atoms with van der Waals surface area (Å²) in [5.74, 6) is 0.0362. The second kappa shape index (κ2) is 7.94. The lowest BCUT2D eigenvalue weighted by Crippen LogP contribution is -2.17. The fourth-order valence-corrected chi connectivity index (χ4v) is 3.79. The third-order valence-electron chi connectivity index (χ3n) is 5.14. The van der Waals surface area contributed by atoms with Crippen molar-refractivity contribution >= 4 is 16.6 Å². The van der Waals surface area contributed by atoms with Crippen molar-refractivity contribution in [3.8, 4) is 17.0 Å². The summed E-state index contributed by atoms with van der Waals surface area (Å²) < 4.78 is 69.5. The van der Waals surface area contributed by atoms with Gasteiger partial charge in [0.1, 0.15) is 5.75 Å². The average Bonchev–Trinajstić information content (AvgIpc) is 3.43. The molecule has 3 heterocycles. The molecule has 31 heavy (non-hydrogen) atoms. The number of anilines is 1. The molecule has 1 aliphatic rings. The lowest BCUT2D eigenvalue weighted by molar-refractivity contribution is -0.274. The van der Waals surface area contributed by atoms with Gasteiger partial charge in [0.05, 0.1) is 23.1 Å². The first kappa shape index (κ1) is 21.3. The number of hydrogen-bond acceptors (Lipinski definition) is 4. The zero-order chi connectivity index (χ0) is 22.3. The van der Waals surface area contributed by atoms with E-state index in [-0.39, 0.29) is 17.3 Å². The van der Waals surface area contributed by atoms with Crippen LogP contribution in [0.4, 0.5) is 27.6 Å². The van der Waals surface area contributed by atoms with Crippen molar-refractivity contribution in [2.45, 2.75) is 39.1 Å². The SMILES string of the molecule is CC(C)CC1CN1c1cnc(-c2ccnc3ccc(OC(F)(F)F)cc23)cc1C(F)F. The standard InChI is InChI=1S/C22H20F5N3O/c1-12(2)7-13-11-30(13)20-10-29-19(9-17(20)21(23)24)15-5-6-28-18-4-3-14(8-16(15)18)31-22(25,26)27/h3-6,8-10,12-13,21H,7,11H2,1-2H3. The minimum atomic E-state index is -4.84. The molecule has 1 fully saturated rings. The van der Waals surface area contributed by atoms with Crippen LogP contribution in [-0.2, 0) is 0 Å². The number of ether oxygens (including phenoxy) is 1. The van der Waals surface area contributed by atoms with E-state index in [4.69, 9.17) is 0 Å². The van der Waals surface area contributed by atoms with Gasteiger partial charge in [-0.05, 0) is 42.7 Å². The number of aromatic nitrogens is 2. The van der Waals surface area contributed by atoms with Crippen LogP contribution in [0.1, 0.15) is 32.3 Å². The largest absolute Gasteiger partial charge is 0.573 e. The summed E-state index contributed by atoms with van der Waals surface area (Å²) in [4.78, 5) is 10.4. The van der Waals surface area contributed by atoms with Crippen LogP contribution in [0.25, 0.3) is 22.2 Å². The Bertz CT molecular complexity index is 1100. The number of hydrogen-bond donors (Lipinski definition) is 0. The minimum Gasteiger partial charge on any atom is -0.406 e. The number of alkyl halides is 5. The Morgan fingerprint density at radius 2 is 1.90 bits per heavy atom. The van der Waals surface area contributed by atoms with E-state index < -0.39 is 18.5 Å². The second-order valence-corrected chi connectivity index (χ2v) is 7.95. The predicted octanol–water partition coefficient (Wildman–Crippen LogP) is 6.37. The summed E-state index contributed by atoms with van der Waals surface area (Å²) in [6.45, 7) is 4.86. The maximum atomic E-state index is 13.9. The molecule has 0 radical (unpaired) electrons. The molecule has 4 rings (SSSR count). The highest BCUT2D eigenvalue weighted by Gasteiger charge is 2.37. The Morgan fingerprint density at radius 1 is 1.13 bits per heavy atom. The number of pyridine rings is 2. The maximum Gasteiger partial charge on any atom is 0.573 e. The fourth-order valence-electron chi connectivity index (χ4n) is 3.79. The Kier molecular flexibility index (Phi) is 5.45. The van der Waals surface area contributed by atoms with E-state index in [1.807, 2.05) is 4.90 Å². The van der Waals surface area contributed by atoms with Gasteiger partial charge in [0.2, 0.25) is 0 Å². The van der Waals surface area contributed by atoms with Crippen molar-refractivity contribution in [2.75, 3.05) is 11.4 Å². The number of benzene rings is 1. The molecule has 0 aliphatic carbocycles. The van der Waals surface area contributed by atoms with Crippen molar-refractivity contribution in [3.63, 3.8) is 0 Å². The Balaban J connectivity index is 1.74. The first-order valence-corrected chi connectivity index (χ1v) is 9.82. The number of fused-ring (bicyclic) bond motifs is 1. The Hall–Kier alpha value is -2.97. The zero-order valence-electron chi connectivity index (χ0n) is 16.8. The highest BCUT2D eigenvalue weighted by Crippen LogP contribution is 2.40. The summed E-state index contributed by atoms with van der Waals surface area (Å²) in [5, 5.41) is 0.328. The molecular weight excluding hydrogens is 417 g/mol. The zero-order valence-corrected chi connectivity index (χ0v) is 16.8. The normalized spacial score (nSPS) is 16.4.